The van der Waals surface area contributed by atoms with Crippen LogP contribution in [-0.2, 0) is 14.6 Å². The second-order valence-corrected chi connectivity index (χ2v) is 7.57. The van der Waals surface area contributed by atoms with Gasteiger partial charge in [-0.25, -0.2) is 8.42 Å². The first-order valence-corrected chi connectivity index (χ1v) is 8.69. The number of sulfone groups is 1. The minimum atomic E-state index is -2.93. The van der Waals surface area contributed by atoms with Crippen LogP contribution >= 0.6 is 0 Å². The van der Waals surface area contributed by atoms with Gasteiger partial charge in [-0.1, -0.05) is 6.92 Å². The number of ether oxygens (including phenoxy) is 1. The molecule has 2 heterocycles. The average molecular weight is 289 g/mol. The molecule has 0 aromatic carbocycles. The van der Waals surface area contributed by atoms with Crippen LogP contribution in [0.1, 0.15) is 26.2 Å². The minimum absolute atomic E-state index is 0.136. The van der Waals surface area contributed by atoms with E-state index in [0.29, 0.717) is 24.7 Å². The van der Waals surface area contributed by atoms with E-state index < -0.39 is 9.84 Å². The molecule has 0 saturated carbocycles. The highest BCUT2D eigenvalue weighted by atomic mass is 32.2. The smallest absolute Gasteiger partial charge is 0.191 e. The SMILES string of the molecule is CCS(=O)(=O)CCNC(=NC)NC1CC2CCC1O2. The van der Waals surface area contributed by atoms with E-state index in [1.165, 1.54) is 0 Å². The van der Waals surface area contributed by atoms with E-state index >= 15 is 0 Å². The van der Waals surface area contributed by atoms with E-state index in [-0.39, 0.29) is 17.6 Å². The molecule has 7 heteroatoms. The molecule has 0 aromatic rings. The summed E-state index contributed by atoms with van der Waals surface area (Å²) in [6.07, 6.45) is 3.94. The van der Waals surface area contributed by atoms with Gasteiger partial charge >= 0.3 is 0 Å². The maximum absolute atomic E-state index is 11.4. The molecule has 2 fully saturated rings. The van der Waals surface area contributed by atoms with Crippen molar-refractivity contribution in [2.45, 2.75) is 44.4 Å². The molecule has 0 aliphatic carbocycles. The van der Waals surface area contributed by atoms with E-state index in [1.54, 1.807) is 14.0 Å². The van der Waals surface area contributed by atoms with Crippen molar-refractivity contribution >= 4 is 15.8 Å². The quantitative estimate of drug-likeness (QED) is 0.546. The monoisotopic (exact) mass is 289 g/mol. The van der Waals surface area contributed by atoms with Crippen LogP contribution in [0.2, 0.25) is 0 Å². The summed E-state index contributed by atoms with van der Waals surface area (Å²) in [6, 6.07) is 0.299. The zero-order valence-corrected chi connectivity index (χ0v) is 12.4. The lowest BCUT2D eigenvalue weighted by Gasteiger charge is -2.22. The highest BCUT2D eigenvalue weighted by Gasteiger charge is 2.41. The molecule has 0 spiro atoms. The molecule has 2 aliphatic heterocycles. The zero-order chi connectivity index (χ0) is 13.9. The molecule has 19 heavy (non-hydrogen) atoms. The summed E-state index contributed by atoms with van der Waals surface area (Å²) < 4.78 is 28.6. The zero-order valence-electron chi connectivity index (χ0n) is 11.6. The van der Waals surface area contributed by atoms with Crippen LogP contribution in [0, 0.1) is 0 Å². The third-order valence-electron chi connectivity index (χ3n) is 3.80. The van der Waals surface area contributed by atoms with Crippen LogP contribution in [0.3, 0.4) is 0 Å². The van der Waals surface area contributed by atoms with Crippen LogP contribution in [-0.4, -0.2) is 57.7 Å². The van der Waals surface area contributed by atoms with Crippen LogP contribution < -0.4 is 10.6 Å². The molecule has 0 amide bonds. The van der Waals surface area contributed by atoms with Crippen LogP contribution in [0.15, 0.2) is 4.99 Å². The predicted molar refractivity (Wildman–Crippen MR) is 75.1 cm³/mol. The fourth-order valence-electron chi connectivity index (χ4n) is 2.63. The first-order chi connectivity index (χ1) is 9.04. The summed E-state index contributed by atoms with van der Waals surface area (Å²) in [7, 11) is -1.24. The summed E-state index contributed by atoms with van der Waals surface area (Å²) in [4.78, 5) is 4.12. The highest BCUT2D eigenvalue weighted by molar-refractivity contribution is 7.91. The average Bonchev–Trinajstić information content (AvgIpc) is 2.99. The van der Waals surface area contributed by atoms with Crippen molar-refractivity contribution in [3.05, 3.63) is 0 Å². The number of nitrogens with one attached hydrogen (secondary N) is 2. The largest absolute Gasteiger partial charge is 0.373 e. The Balaban J connectivity index is 1.75. The number of hydrogen-bond donors (Lipinski definition) is 2. The van der Waals surface area contributed by atoms with E-state index in [1.807, 2.05) is 0 Å². The maximum atomic E-state index is 11.4. The minimum Gasteiger partial charge on any atom is -0.373 e. The predicted octanol–water partition coefficient (Wildman–Crippen LogP) is -0.0940. The number of guanidine groups is 1. The second kappa shape index (κ2) is 6.09. The molecule has 2 bridgehead atoms. The number of hydrogen-bond acceptors (Lipinski definition) is 4. The van der Waals surface area contributed by atoms with Gasteiger partial charge in [0.25, 0.3) is 0 Å². The van der Waals surface area contributed by atoms with Gasteiger partial charge in [-0.05, 0) is 19.3 Å². The summed E-state index contributed by atoms with van der Waals surface area (Å²) in [5, 5.41) is 6.37. The molecule has 6 nitrogen and oxygen atoms in total. The molecule has 2 N–H and O–H groups in total. The molecule has 2 rings (SSSR count). The van der Waals surface area contributed by atoms with E-state index in [9.17, 15) is 8.42 Å². The lowest BCUT2D eigenvalue weighted by atomic mass is 9.96. The number of rotatable bonds is 5. The van der Waals surface area contributed by atoms with Crippen molar-refractivity contribution in [2.24, 2.45) is 4.99 Å². The summed E-state index contributed by atoms with van der Waals surface area (Å²) in [5.41, 5.74) is 0. The highest BCUT2D eigenvalue weighted by Crippen LogP contribution is 2.34. The van der Waals surface area contributed by atoms with E-state index in [0.717, 1.165) is 19.3 Å². The Bertz CT molecular complexity index is 436. The summed E-state index contributed by atoms with van der Waals surface area (Å²) in [6.45, 7) is 2.05. The Labute approximate surface area is 114 Å². The molecule has 3 unspecified atom stereocenters. The van der Waals surface area contributed by atoms with Crippen molar-refractivity contribution in [1.29, 1.82) is 0 Å². The van der Waals surface area contributed by atoms with Crippen molar-refractivity contribution in [2.75, 3.05) is 25.1 Å². The number of nitrogens with zero attached hydrogens (tertiary/aromatic N) is 1. The molecule has 3 atom stereocenters. The van der Waals surface area contributed by atoms with Crippen molar-refractivity contribution in [3.8, 4) is 0 Å². The van der Waals surface area contributed by atoms with Gasteiger partial charge in [0, 0.05) is 19.3 Å². The Morgan fingerprint density at radius 1 is 1.42 bits per heavy atom. The van der Waals surface area contributed by atoms with Gasteiger partial charge in [0.05, 0.1) is 24.0 Å². The van der Waals surface area contributed by atoms with Crippen LogP contribution in [0.4, 0.5) is 0 Å². The van der Waals surface area contributed by atoms with Gasteiger partial charge in [-0.15, -0.1) is 0 Å². The topological polar surface area (TPSA) is 79.8 Å². The molecular weight excluding hydrogens is 266 g/mol. The fourth-order valence-corrected chi connectivity index (χ4v) is 3.33. The molecule has 0 radical (unpaired) electrons. The maximum Gasteiger partial charge on any atom is 0.191 e. The van der Waals surface area contributed by atoms with E-state index in [2.05, 4.69) is 15.6 Å². The van der Waals surface area contributed by atoms with Gasteiger partial charge in [0.2, 0.25) is 0 Å². The van der Waals surface area contributed by atoms with Crippen molar-refractivity contribution in [1.82, 2.24) is 10.6 Å². The summed E-state index contributed by atoms with van der Waals surface area (Å²) >= 11 is 0. The first kappa shape index (κ1) is 14.6. The van der Waals surface area contributed by atoms with Crippen LogP contribution in [0.5, 0.6) is 0 Å². The van der Waals surface area contributed by atoms with Crippen molar-refractivity contribution in [3.63, 3.8) is 0 Å². The molecule has 2 aliphatic rings. The normalized spacial score (nSPS) is 30.6. The first-order valence-electron chi connectivity index (χ1n) is 6.87. The molecular formula is C12H23N3O3S. The molecule has 2 saturated heterocycles. The Morgan fingerprint density at radius 3 is 2.74 bits per heavy atom. The van der Waals surface area contributed by atoms with Crippen molar-refractivity contribution < 1.29 is 13.2 Å². The Morgan fingerprint density at radius 2 is 2.21 bits per heavy atom. The Hall–Kier alpha value is -0.820. The number of fused-ring (bicyclic) bond motifs is 2. The third-order valence-corrected chi connectivity index (χ3v) is 5.50. The summed E-state index contributed by atoms with van der Waals surface area (Å²) in [5.74, 6) is 0.977. The fraction of sp³-hybridized carbons (Fsp3) is 0.917. The van der Waals surface area contributed by atoms with Gasteiger partial charge in [-0.2, -0.15) is 0 Å². The molecule has 110 valence electrons. The number of aliphatic imine (C=N–C) groups is 1. The lowest BCUT2D eigenvalue weighted by Crippen LogP contribution is -2.48. The van der Waals surface area contributed by atoms with Gasteiger partial charge in [0.1, 0.15) is 0 Å². The standard InChI is InChI=1S/C12H23N3O3S/c1-3-19(16,17)7-6-14-12(13-2)15-10-8-9-4-5-11(10)18-9/h9-11H,3-8H2,1-2H3,(H2,13,14,15). The lowest BCUT2D eigenvalue weighted by molar-refractivity contribution is 0.0992. The van der Waals surface area contributed by atoms with E-state index in [4.69, 9.17) is 4.74 Å². The van der Waals surface area contributed by atoms with Gasteiger partial charge in [0.15, 0.2) is 15.8 Å². The second-order valence-electron chi connectivity index (χ2n) is 5.10. The van der Waals surface area contributed by atoms with Gasteiger partial charge < -0.3 is 15.4 Å². The van der Waals surface area contributed by atoms with Gasteiger partial charge in [-0.3, -0.25) is 4.99 Å². The molecule has 0 aromatic heterocycles. The van der Waals surface area contributed by atoms with Crippen LogP contribution in [0.25, 0.3) is 0 Å². The third kappa shape index (κ3) is 3.82. The Kier molecular flexibility index (Phi) is 4.67.